The molecule has 0 unspecified atom stereocenters. The van der Waals surface area contributed by atoms with Gasteiger partial charge in [-0.25, -0.2) is 0 Å². The first-order valence-electron chi connectivity index (χ1n) is 4.26. The summed E-state index contributed by atoms with van der Waals surface area (Å²) in [6.45, 7) is 0.733. The molecule has 0 radical (unpaired) electrons. The molecule has 0 bridgehead atoms. The van der Waals surface area contributed by atoms with E-state index in [1.807, 2.05) is 42.5 Å². The molecule has 2 nitrogen and oxygen atoms in total. The fourth-order valence-corrected chi connectivity index (χ4v) is 1.16. The van der Waals surface area contributed by atoms with Gasteiger partial charge in [-0.3, -0.25) is 0 Å². The van der Waals surface area contributed by atoms with Gasteiger partial charge in [0.25, 0.3) is 0 Å². The van der Waals surface area contributed by atoms with E-state index < -0.39 is 0 Å². The van der Waals surface area contributed by atoms with Crippen LogP contribution in [0.5, 0.6) is 0 Å². The zero-order valence-corrected chi connectivity index (χ0v) is 7.23. The van der Waals surface area contributed by atoms with E-state index in [-0.39, 0.29) is 0 Å². The molecule has 1 N–H and O–H groups in total. The van der Waals surface area contributed by atoms with Crippen LogP contribution < -0.4 is 5.32 Å². The van der Waals surface area contributed by atoms with Crippen LogP contribution in [-0.2, 0) is 6.54 Å². The Morgan fingerprint density at radius 3 is 2.54 bits per heavy atom. The van der Waals surface area contributed by atoms with Crippen molar-refractivity contribution in [1.82, 2.24) is 0 Å². The zero-order valence-electron chi connectivity index (χ0n) is 7.23. The second kappa shape index (κ2) is 3.81. The summed E-state index contributed by atoms with van der Waals surface area (Å²) in [6, 6.07) is 13.9. The van der Waals surface area contributed by atoms with Crippen LogP contribution in [0.1, 0.15) is 5.76 Å². The molecular weight excluding hydrogens is 162 g/mol. The molecule has 1 aromatic heterocycles. The fourth-order valence-electron chi connectivity index (χ4n) is 1.16. The van der Waals surface area contributed by atoms with E-state index in [4.69, 9.17) is 4.42 Å². The van der Waals surface area contributed by atoms with E-state index in [9.17, 15) is 0 Å². The molecule has 13 heavy (non-hydrogen) atoms. The molecule has 0 aliphatic heterocycles. The molecular formula is C11H11NO. The SMILES string of the molecule is c1ccc(NCc2ccco2)cc1. The predicted octanol–water partition coefficient (Wildman–Crippen LogP) is 2.89. The molecule has 0 aliphatic carbocycles. The molecule has 0 atom stereocenters. The molecule has 0 saturated carbocycles. The number of hydrogen-bond acceptors (Lipinski definition) is 2. The van der Waals surface area contributed by atoms with Crippen molar-refractivity contribution in [3.05, 3.63) is 54.5 Å². The van der Waals surface area contributed by atoms with Gasteiger partial charge in [0.15, 0.2) is 0 Å². The summed E-state index contributed by atoms with van der Waals surface area (Å²) in [7, 11) is 0. The summed E-state index contributed by atoms with van der Waals surface area (Å²) in [6.07, 6.45) is 1.68. The highest BCUT2D eigenvalue weighted by molar-refractivity contribution is 5.42. The molecule has 0 amide bonds. The van der Waals surface area contributed by atoms with E-state index in [0.717, 1.165) is 18.0 Å². The van der Waals surface area contributed by atoms with Crippen LogP contribution in [0.3, 0.4) is 0 Å². The van der Waals surface area contributed by atoms with Crippen molar-refractivity contribution in [2.45, 2.75) is 6.54 Å². The van der Waals surface area contributed by atoms with Gasteiger partial charge in [0.1, 0.15) is 5.76 Å². The molecule has 0 aliphatic rings. The predicted molar refractivity (Wildman–Crippen MR) is 52.5 cm³/mol. The monoisotopic (exact) mass is 173 g/mol. The van der Waals surface area contributed by atoms with Crippen molar-refractivity contribution in [3.8, 4) is 0 Å². The minimum atomic E-state index is 0.733. The minimum absolute atomic E-state index is 0.733. The van der Waals surface area contributed by atoms with Gasteiger partial charge in [0.05, 0.1) is 12.8 Å². The van der Waals surface area contributed by atoms with E-state index in [0.29, 0.717) is 0 Å². The van der Waals surface area contributed by atoms with Gasteiger partial charge in [-0.2, -0.15) is 0 Å². The molecule has 1 heterocycles. The van der Waals surface area contributed by atoms with Crippen molar-refractivity contribution < 1.29 is 4.42 Å². The summed E-state index contributed by atoms with van der Waals surface area (Å²) in [5.74, 6) is 0.948. The lowest BCUT2D eigenvalue weighted by atomic mass is 10.3. The van der Waals surface area contributed by atoms with Gasteiger partial charge in [-0.1, -0.05) is 18.2 Å². The van der Waals surface area contributed by atoms with Crippen LogP contribution in [0.2, 0.25) is 0 Å². The Hall–Kier alpha value is -1.70. The van der Waals surface area contributed by atoms with Crippen LogP contribution in [-0.4, -0.2) is 0 Å². The third-order valence-electron chi connectivity index (χ3n) is 1.82. The third-order valence-corrected chi connectivity index (χ3v) is 1.82. The maximum atomic E-state index is 5.19. The molecule has 2 rings (SSSR count). The Morgan fingerprint density at radius 2 is 1.85 bits per heavy atom. The van der Waals surface area contributed by atoms with Crippen LogP contribution in [0, 0.1) is 0 Å². The van der Waals surface area contributed by atoms with E-state index >= 15 is 0 Å². The highest BCUT2D eigenvalue weighted by Gasteiger charge is 1.93. The lowest BCUT2D eigenvalue weighted by Crippen LogP contribution is -1.96. The summed E-state index contributed by atoms with van der Waals surface area (Å²) < 4.78 is 5.19. The number of hydrogen-bond donors (Lipinski definition) is 1. The van der Waals surface area contributed by atoms with Crippen molar-refractivity contribution >= 4 is 5.69 Å². The molecule has 66 valence electrons. The second-order valence-corrected chi connectivity index (χ2v) is 2.80. The molecule has 2 heteroatoms. The zero-order chi connectivity index (χ0) is 8.93. The fraction of sp³-hybridized carbons (Fsp3) is 0.0909. The number of furan rings is 1. The smallest absolute Gasteiger partial charge is 0.122 e. The Morgan fingerprint density at radius 1 is 1.00 bits per heavy atom. The number of para-hydroxylation sites is 1. The van der Waals surface area contributed by atoms with E-state index in [1.165, 1.54) is 0 Å². The van der Waals surface area contributed by atoms with Crippen LogP contribution >= 0.6 is 0 Å². The first-order valence-corrected chi connectivity index (χ1v) is 4.26. The van der Waals surface area contributed by atoms with Crippen molar-refractivity contribution in [3.63, 3.8) is 0 Å². The lowest BCUT2D eigenvalue weighted by molar-refractivity contribution is 0.518. The minimum Gasteiger partial charge on any atom is -0.467 e. The summed E-state index contributed by atoms with van der Waals surface area (Å²) in [5.41, 5.74) is 1.11. The maximum absolute atomic E-state index is 5.19. The van der Waals surface area contributed by atoms with Gasteiger partial charge in [0, 0.05) is 5.69 Å². The Labute approximate surface area is 77.2 Å². The largest absolute Gasteiger partial charge is 0.467 e. The standard InChI is InChI=1S/C11H11NO/c1-2-5-10(6-3-1)12-9-11-7-4-8-13-11/h1-8,12H,9H2. The second-order valence-electron chi connectivity index (χ2n) is 2.80. The average Bonchev–Trinajstić information content (AvgIpc) is 2.69. The van der Waals surface area contributed by atoms with Gasteiger partial charge in [-0.05, 0) is 24.3 Å². The van der Waals surface area contributed by atoms with Gasteiger partial charge < -0.3 is 9.73 Å². The average molecular weight is 173 g/mol. The number of nitrogens with one attached hydrogen (secondary N) is 1. The van der Waals surface area contributed by atoms with Crippen molar-refractivity contribution in [2.24, 2.45) is 0 Å². The Balaban J connectivity index is 1.94. The highest BCUT2D eigenvalue weighted by Crippen LogP contribution is 2.08. The quantitative estimate of drug-likeness (QED) is 0.772. The molecule has 0 saturated heterocycles. The lowest BCUT2D eigenvalue weighted by Gasteiger charge is -2.02. The van der Waals surface area contributed by atoms with Gasteiger partial charge in [-0.15, -0.1) is 0 Å². The Bertz CT molecular complexity index is 340. The molecule has 2 aromatic rings. The Kier molecular flexibility index (Phi) is 2.32. The van der Waals surface area contributed by atoms with Gasteiger partial charge in [0.2, 0.25) is 0 Å². The first-order chi connectivity index (χ1) is 6.45. The summed E-state index contributed by atoms with van der Waals surface area (Å²) >= 11 is 0. The van der Waals surface area contributed by atoms with Crippen LogP contribution in [0.25, 0.3) is 0 Å². The highest BCUT2D eigenvalue weighted by atomic mass is 16.3. The van der Waals surface area contributed by atoms with E-state index in [1.54, 1.807) is 6.26 Å². The molecule has 1 aromatic carbocycles. The van der Waals surface area contributed by atoms with Crippen molar-refractivity contribution in [1.29, 1.82) is 0 Å². The summed E-state index contributed by atoms with van der Waals surface area (Å²) in [5, 5.41) is 3.25. The number of anilines is 1. The normalized spacial score (nSPS) is 9.85. The number of rotatable bonds is 3. The third kappa shape index (κ3) is 2.12. The first kappa shape index (κ1) is 7.92. The van der Waals surface area contributed by atoms with Crippen LogP contribution in [0.15, 0.2) is 53.1 Å². The van der Waals surface area contributed by atoms with E-state index in [2.05, 4.69) is 5.32 Å². The number of benzene rings is 1. The summed E-state index contributed by atoms with van der Waals surface area (Å²) in [4.78, 5) is 0. The topological polar surface area (TPSA) is 25.2 Å². The molecule has 0 spiro atoms. The van der Waals surface area contributed by atoms with Gasteiger partial charge >= 0.3 is 0 Å². The maximum Gasteiger partial charge on any atom is 0.122 e. The molecule has 0 fully saturated rings. The van der Waals surface area contributed by atoms with Crippen LogP contribution in [0.4, 0.5) is 5.69 Å². The van der Waals surface area contributed by atoms with Crippen molar-refractivity contribution in [2.75, 3.05) is 5.32 Å².